The number of hydrogen-bond acceptors (Lipinski definition) is 6. The van der Waals surface area contributed by atoms with Gasteiger partial charge in [-0.05, 0) is 50.8 Å². The molecule has 0 bridgehead atoms. The van der Waals surface area contributed by atoms with Crippen molar-refractivity contribution in [2.24, 2.45) is 5.73 Å². The lowest BCUT2D eigenvalue weighted by molar-refractivity contribution is -0.139. The number of likely N-dealkylation sites (N-methyl/N-ethyl adjacent to an activating group) is 1. The van der Waals surface area contributed by atoms with Gasteiger partial charge in [0.1, 0.15) is 6.04 Å². The van der Waals surface area contributed by atoms with Crippen LogP contribution in [-0.4, -0.2) is 61.9 Å². The van der Waals surface area contributed by atoms with Crippen molar-refractivity contribution < 1.29 is 22.7 Å². The zero-order chi connectivity index (χ0) is 30.5. The molecule has 2 amide bonds. The first-order chi connectivity index (χ1) is 19.9. The zero-order valence-electron chi connectivity index (χ0n) is 24.5. The van der Waals surface area contributed by atoms with Crippen LogP contribution in [0.3, 0.4) is 0 Å². The maximum atomic E-state index is 14.1. The minimum Gasteiger partial charge on any atom is -0.374 e. The minimum absolute atomic E-state index is 0.0548. The highest BCUT2D eigenvalue weighted by atomic mass is 35.5. The monoisotopic (exact) mass is 616 g/mol. The Bertz CT molecular complexity index is 1420. The highest BCUT2D eigenvalue weighted by Crippen LogP contribution is 2.47. The second-order valence-electron chi connectivity index (χ2n) is 11.6. The average Bonchev–Trinajstić information content (AvgIpc) is 3.15. The fourth-order valence-corrected chi connectivity index (χ4v) is 7.91. The number of sulfonamides is 1. The second-order valence-corrected chi connectivity index (χ2v) is 13.7. The van der Waals surface area contributed by atoms with Crippen molar-refractivity contribution in [1.82, 2.24) is 14.9 Å². The van der Waals surface area contributed by atoms with Crippen molar-refractivity contribution in [2.75, 3.05) is 19.7 Å². The van der Waals surface area contributed by atoms with E-state index in [1.807, 2.05) is 37.3 Å². The molecule has 0 radical (unpaired) electrons. The topological polar surface area (TPSA) is 131 Å². The summed E-state index contributed by atoms with van der Waals surface area (Å²) in [5.41, 5.74) is 5.98. The Labute approximate surface area is 253 Å². The van der Waals surface area contributed by atoms with Crippen LogP contribution in [0.1, 0.15) is 64.0 Å². The van der Waals surface area contributed by atoms with Gasteiger partial charge in [-0.3, -0.25) is 9.59 Å². The predicted octanol–water partition coefficient (Wildman–Crippen LogP) is 3.97. The van der Waals surface area contributed by atoms with Crippen molar-refractivity contribution >= 4 is 38.3 Å². The summed E-state index contributed by atoms with van der Waals surface area (Å²) < 4.78 is 36.2. The fraction of sp³-hybridized carbons (Fsp3) is 0.484. The number of rotatable bonds is 11. The van der Waals surface area contributed by atoms with Crippen LogP contribution >= 0.6 is 11.6 Å². The summed E-state index contributed by atoms with van der Waals surface area (Å²) in [5, 5.41) is 3.09. The summed E-state index contributed by atoms with van der Waals surface area (Å²) >= 11 is 6.53. The first kappa shape index (κ1) is 32.2. The van der Waals surface area contributed by atoms with Crippen molar-refractivity contribution in [3.05, 3.63) is 76.3 Å². The van der Waals surface area contributed by atoms with Gasteiger partial charge in [0.05, 0.1) is 29.2 Å². The SMILES string of the molecule is CCN(CC1=C(c2ccccc2Cl)S(=O)(=O)NC12CCCCC2)C(=O)[C@@H](COCc1ccccc1)NC(=O)C(C)(C)N. The first-order valence-electron chi connectivity index (χ1n) is 14.4. The van der Waals surface area contributed by atoms with Crippen molar-refractivity contribution in [1.29, 1.82) is 0 Å². The lowest BCUT2D eigenvalue weighted by atomic mass is 9.76. The Balaban J connectivity index is 1.69. The number of nitrogens with one attached hydrogen (secondary N) is 2. The molecular weight excluding hydrogens is 576 g/mol. The average molecular weight is 617 g/mol. The Kier molecular flexibility index (Phi) is 10.2. The van der Waals surface area contributed by atoms with Crippen LogP contribution in [0.15, 0.2) is 60.2 Å². The molecule has 1 heterocycles. The van der Waals surface area contributed by atoms with Crippen LogP contribution < -0.4 is 15.8 Å². The first-order valence-corrected chi connectivity index (χ1v) is 16.3. The summed E-state index contributed by atoms with van der Waals surface area (Å²) in [6.07, 6.45) is 3.99. The largest absolute Gasteiger partial charge is 0.374 e. The summed E-state index contributed by atoms with van der Waals surface area (Å²) in [4.78, 5) is 28.7. The lowest BCUT2D eigenvalue weighted by Gasteiger charge is -2.38. The van der Waals surface area contributed by atoms with E-state index in [0.717, 1.165) is 24.8 Å². The van der Waals surface area contributed by atoms with Crippen LogP contribution in [0, 0.1) is 0 Å². The van der Waals surface area contributed by atoms with Crippen molar-refractivity contribution in [3.63, 3.8) is 0 Å². The third kappa shape index (κ3) is 7.23. The summed E-state index contributed by atoms with van der Waals surface area (Å²) in [7, 11) is -3.91. The van der Waals surface area contributed by atoms with Gasteiger partial charge in [0.15, 0.2) is 0 Å². The van der Waals surface area contributed by atoms with Gasteiger partial charge >= 0.3 is 0 Å². The molecule has 0 unspecified atom stereocenters. The molecule has 1 aliphatic heterocycles. The molecule has 1 spiro atoms. The summed E-state index contributed by atoms with van der Waals surface area (Å²) in [6, 6.07) is 15.4. The van der Waals surface area contributed by atoms with E-state index in [0.29, 0.717) is 29.0 Å². The number of nitrogens with two attached hydrogens (primary N) is 1. The van der Waals surface area contributed by atoms with E-state index in [4.69, 9.17) is 22.1 Å². The molecule has 4 rings (SSSR count). The minimum atomic E-state index is -3.91. The van der Waals surface area contributed by atoms with Gasteiger partial charge in [0, 0.05) is 23.7 Å². The quantitative estimate of drug-likeness (QED) is 0.350. The van der Waals surface area contributed by atoms with Gasteiger partial charge in [-0.2, -0.15) is 0 Å². The molecule has 4 N–H and O–H groups in total. The van der Waals surface area contributed by atoms with E-state index in [-0.39, 0.29) is 37.1 Å². The molecule has 1 fully saturated rings. The predicted molar refractivity (Wildman–Crippen MR) is 165 cm³/mol. The Morgan fingerprint density at radius 3 is 2.36 bits per heavy atom. The molecule has 11 heteroatoms. The van der Waals surface area contributed by atoms with Crippen molar-refractivity contribution in [3.8, 4) is 0 Å². The highest BCUT2D eigenvalue weighted by molar-refractivity contribution is 7.99. The molecule has 0 saturated heterocycles. The van der Waals surface area contributed by atoms with Crippen LogP contribution in [0.2, 0.25) is 5.02 Å². The maximum Gasteiger partial charge on any atom is 0.247 e. The van der Waals surface area contributed by atoms with Gasteiger partial charge in [-0.25, -0.2) is 13.1 Å². The number of hydrogen-bond donors (Lipinski definition) is 3. The number of benzene rings is 2. The molecule has 1 atom stereocenters. The van der Waals surface area contributed by atoms with Crippen LogP contribution in [0.25, 0.3) is 4.91 Å². The molecular formula is C31H41ClN4O5S. The molecule has 228 valence electrons. The van der Waals surface area contributed by atoms with E-state index in [1.54, 1.807) is 43.0 Å². The van der Waals surface area contributed by atoms with E-state index in [9.17, 15) is 18.0 Å². The van der Waals surface area contributed by atoms with Gasteiger partial charge < -0.3 is 20.7 Å². The Morgan fingerprint density at radius 1 is 1.10 bits per heavy atom. The van der Waals surface area contributed by atoms with Gasteiger partial charge in [-0.15, -0.1) is 0 Å². The molecule has 2 aromatic carbocycles. The number of nitrogens with zero attached hydrogens (tertiary/aromatic N) is 1. The highest BCUT2D eigenvalue weighted by Gasteiger charge is 2.50. The van der Waals surface area contributed by atoms with Gasteiger partial charge in [0.2, 0.25) is 21.8 Å². The van der Waals surface area contributed by atoms with Gasteiger partial charge in [-0.1, -0.05) is 79.4 Å². The molecule has 9 nitrogen and oxygen atoms in total. The molecule has 2 aliphatic rings. The third-order valence-electron chi connectivity index (χ3n) is 7.90. The Morgan fingerprint density at radius 2 is 1.74 bits per heavy atom. The molecule has 2 aromatic rings. The molecule has 1 aliphatic carbocycles. The van der Waals surface area contributed by atoms with Crippen LogP contribution in [0.4, 0.5) is 0 Å². The van der Waals surface area contributed by atoms with Crippen molar-refractivity contribution in [2.45, 2.75) is 76.6 Å². The smallest absolute Gasteiger partial charge is 0.247 e. The number of carbonyl (C=O) groups is 2. The number of carbonyl (C=O) groups excluding carboxylic acids is 2. The van der Waals surface area contributed by atoms with E-state index in [2.05, 4.69) is 10.0 Å². The standard InChI is InChI=1S/C31H41ClN4O5S/c1-4-36(28(37)26(34-29(38)30(2,3)33)21-41-20-22-13-7-5-8-14-22)19-24-27(23-15-9-10-16-25(23)32)42(39,40)35-31(24)17-11-6-12-18-31/h5,7-10,13-16,26,35H,4,6,11-12,17-21,33H2,1-3H3,(H,34,38)/t26-/m1/s1. The van der Waals surface area contributed by atoms with E-state index >= 15 is 0 Å². The van der Waals surface area contributed by atoms with E-state index in [1.165, 1.54) is 0 Å². The van der Waals surface area contributed by atoms with Crippen LogP contribution in [-0.2, 0) is 31.0 Å². The zero-order valence-corrected chi connectivity index (χ0v) is 26.1. The van der Waals surface area contributed by atoms with Gasteiger partial charge in [0.25, 0.3) is 0 Å². The second kappa shape index (κ2) is 13.3. The number of amides is 2. The molecule has 1 saturated carbocycles. The summed E-state index contributed by atoms with van der Waals surface area (Å²) in [5.74, 6) is -0.880. The maximum absolute atomic E-state index is 14.1. The molecule has 0 aromatic heterocycles. The third-order valence-corrected chi connectivity index (χ3v) is 9.90. The van der Waals surface area contributed by atoms with Crippen LogP contribution in [0.5, 0.6) is 0 Å². The lowest BCUT2D eigenvalue weighted by Crippen LogP contribution is -2.58. The normalized spacial score (nSPS) is 18.6. The fourth-order valence-electron chi connectivity index (χ4n) is 5.63. The number of halogens is 1. The summed E-state index contributed by atoms with van der Waals surface area (Å²) in [6.45, 7) is 5.47. The number of ether oxygens (including phenoxy) is 1. The Hall–Kier alpha value is -2.76. The molecule has 42 heavy (non-hydrogen) atoms. The van der Waals surface area contributed by atoms with E-state index < -0.39 is 33.1 Å².